The number of piperidine rings is 1. The van der Waals surface area contributed by atoms with Crippen molar-refractivity contribution in [1.29, 1.82) is 0 Å². The number of hydrogen-bond acceptors (Lipinski definition) is 5. The number of aromatic nitrogens is 2. The summed E-state index contributed by atoms with van der Waals surface area (Å²) in [6, 6.07) is 18.2. The Labute approximate surface area is 191 Å². The summed E-state index contributed by atoms with van der Waals surface area (Å²) in [5, 5.41) is 8.13. The quantitative estimate of drug-likeness (QED) is 0.468. The third-order valence-electron chi connectivity index (χ3n) is 6.15. The van der Waals surface area contributed by atoms with Gasteiger partial charge in [0.1, 0.15) is 5.82 Å². The second kappa shape index (κ2) is 9.50. The lowest BCUT2D eigenvalue weighted by atomic mass is 9.94. The number of para-hydroxylation sites is 1. The smallest absolute Gasteiger partial charge is 0.290 e. The van der Waals surface area contributed by atoms with Crippen molar-refractivity contribution >= 4 is 16.8 Å². The number of fused-ring (bicyclic) bond motifs is 1. The molecule has 1 aliphatic rings. The summed E-state index contributed by atoms with van der Waals surface area (Å²) < 4.78 is 18.7. The molecule has 1 atom stereocenters. The molecule has 1 aliphatic heterocycles. The van der Waals surface area contributed by atoms with Gasteiger partial charge in [-0.3, -0.25) is 14.7 Å². The number of carbonyl (C=O) groups excluding carboxylic acids is 1. The minimum absolute atomic E-state index is 0.179. The van der Waals surface area contributed by atoms with Gasteiger partial charge in [0.25, 0.3) is 5.91 Å². The Balaban J connectivity index is 1.22. The molecule has 2 aromatic carbocycles. The van der Waals surface area contributed by atoms with Crippen LogP contribution in [-0.2, 0) is 13.1 Å². The van der Waals surface area contributed by atoms with Crippen LogP contribution in [0.5, 0.6) is 0 Å². The van der Waals surface area contributed by atoms with Crippen LogP contribution in [0.1, 0.15) is 46.1 Å². The summed E-state index contributed by atoms with van der Waals surface area (Å²) in [5.74, 6) is -0.293. The number of likely N-dealkylation sites (tertiary alicyclic amines) is 1. The molecule has 7 heteroatoms. The highest BCUT2D eigenvalue weighted by molar-refractivity contribution is 5.91. The van der Waals surface area contributed by atoms with Gasteiger partial charge < -0.3 is 9.84 Å². The highest BCUT2D eigenvalue weighted by Gasteiger charge is 2.25. The van der Waals surface area contributed by atoms with E-state index in [1.807, 2.05) is 24.4 Å². The Morgan fingerprint density at radius 1 is 1.15 bits per heavy atom. The van der Waals surface area contributed by atoms with Crippen molar-refractivity contribution in [3.8, 4) is 0 Å². The second-order valence-electron chi connectivity index (χ2n) is 8.49. The first kappa shape index (κ1) is 21.3. The van der Waals surface area contributed by atoms with E-state index in [1.165, 1.54) is 23.1 Å². The zero-order valence-electron chi connectivity index (χ0n) is 18.2. The third-order valence-corrected chi connectivity index (χ3v) is 6.15. The van der Waals surface area contributed by atoms with Crippen molar-refractivity contribution in [3.63, 3.8) is 0 Å². The van der Waals surface area contributed by atoms with Gasteiger partial charge in [-0.25, -0.2) is 4.39 Å². The number of benzene rings is 2. The lowest BCUT2D eigenvalue weighted by Gasteiger charge is -2.32. The van der Waals surface area contributed by atoms with Gasteiger partial charge in [-0.15, -0.1) is 0 Å². The molecule has 3 heterocycles. The van der Waals surface area contributed by atoms with Crippen molar-refractivity contribution < 1.29 is 13.7 Å². The molecule has 0 aliphatic carbocycles. The first-order valence-electron chi connectivity index (χ1n) is 11.2. The summed E-state index contributed by atoms with van der Waals surface area (Å²) >= 11 is 0. The molecular weight excluding hydrogens is 419 g/mol. The van der Waals surface area contributed by atoms with Crippen LogP contribution in [0.25, 0.3) is 10.9 Å². The van der Waals surface area contributed by atoms with E-state index in [4.69, 9.17) is 4.52 Å². The van der Waals surface area contributed by atoms with Crippen LogP contribution in [0.15, 0.2) is 71.4 Å². The van der Waals surface area contributed by atoms with Gasteiger partial charge in [0.05, 0.1) is 11.2 Å². The molecule has 0 saturated carbocycles. The maximum Gasteiger partial charge on any atom is 0.290 e. The number of nitrogens with zero attached hydrogens (tertiary/aromatic N) is 3. The van der Waals surface area contributed by atoms with E-state index in [0.29, 0.717) is 5.56 Å². The van der Waals surface area contributed by atoms with Crippen LogP contribution < -0.4 is 5.32 Å². The van der Waals surface area contributed by atoms with E-state index < -0.39 is 0 Å². The topological polar surface area (TPSA) is 71.3 Å². The van der Waals surface area contributed by atoms with Crippen LogP contribution in [0.2, 0.25) is 0 Å². The highest BCUT2D eigenvalue weighted by Crippen LogP contribution is 2.28. The Hall–Kier alpha value is -3.58. The minimum atomic E-state index is -0.353. The molecular formula is C26H25FN4O2. The molecule has 33 heavy (non-hydrogen) atoms. The molecule has 0 spiro atoms. The van der Waals surface area contributed by atoms with Crippen molar-refractivity contribution in [1.82, 2.24) is 20.4 Å². The van der Waals surface area contributed by atoms with E-state index in [9.17, 15) is 9.18 Å². The standard InChI is InChI=1S/C26H25FN4O2/c27-21-7-3-5-18(13-21)15-29-26(32)25-14-24(30-33-25)20-6-4-12-31(17-20)16-19-10-11-28-23-9-2-1-8-22(19)23/h1-3,5,7-11,13-14,20H,4,6,12,15-17H2,(H,29,32)/t20-/m0/s1. The number of rotatable bonds is 6. The lowest BCUT2D eigenvalue weighted by Crippen LogP contribution is -2.34. The van der Waals surface area contributed by atoms with Crippen LogP contribution in [0.4, 0.5) is 4.39 Å². The fourth-order valence-corrected chi connectivity index (χ4v) is 4.48. The molecule has 6 nitrogen and oxygen atoms in total. The molecule has 1 N–H and O–H groups in total. The average molecular weight is 445 g/mol. The van der Waals surface area contributed by atoms with Crippen molar-refractivity contribution in [2.45, 2.75) is 31.8 Å². The highest BCUT2D eigenvalue weighted by atomic mass is 19.1. The molecule has 4 aromatic rings. The van der Waals surface area contributed by atoms with E-state index in [1.54, 1.807) is 18.2 Å². The van der Waals surface area contributed by atoms with Gasteiger partial charge >= 0.3 is 0 Å². The van der Waals surface area contributed by atoms with Crippen LogP contribution in [0.3, 0.4) is 0 Å². The maximum absolute atomic E-state index is 13.3. The molecule has 1 amide bonds. The predicted octanol–water partition coefficient (Wildman–Crippen LogP) is 4.67. The molecule has 0 unspecified atom stereocenters. The van der Waals surface area contributed by atoms with Crippen LogP contribution in [-0.4, -0.2) is 34.0 Å². The van der Waals surface area contributed by atoms with Crippen molar-refractivity contribution in [3.05, 3.63) is 95.3 Å². The Bertz CT molecular complexity index is 1270. The molecule has 0 radical (unpaired) electrons. The van der Waals surface area contributed by atoms with Crippen LogP contribution >= 0.6 is 0 Å². The monoisotopic (exact) mass is 444 g/mol. The van der Waals surface area contributed by atoms with E-state index in [-0.39, 0.29) is 29.9 Å². The Morgan fingerprint density at radius 3 is 2.97 bits per heavy atom. The fourth-order valence-electron chi connectivity index (χ4n) is 4.48. The first-order valence-corrected chi connectivity index (χ1v) is 11.2. The summed E-state index contributed by atoms with van der Waals surface area (Å²) in [7, 11) is 0. The van der Waals surface area contributed by atoms with E-state index in [0.717, 1.165) is 43.7 Å². The van der Waals surface area contributed by atoms with Gasteiger partial charge in [-0.1, -0.05) is 35.5 Å². The number of carbonyl (C=O) groups is 1. The predicted molar refractivity (Wildman–Crippen MR) is 123 cm³/mol. The number of halogens is 1. The molecule has 1 saturated heterocycles. The fraction of sp³-hybridized carbons (Fsp3) is 0.269. The molecule has 0 bridgehead atoms. The zero-order chi connectivity index (χ0) is 22.6. The summed E-state index contributed by atoms with van der Waals surface area (Å²) in [5.41, 5.74) is 3.76. The number of nitrogens with one attached hydrogen (secondary N) is 1. The maximum atomic E-state index is 13.3. The normalized spacial score (nSPS) is 16.7. The van der Waals surface area contributed by atoms with E-state index >= 15 is 0 Å². The molecule has 1 fully saturated rings. The average Bonchev–Trinajstić information content (AvgIpc) is 3.34. The lowest BCUT2D eigenvalue weighted by molar-refractivity contribution is 0.0913. The molecule has 168 valence electrons. The number of pyridine rings is 1. The Morgan fingerprint density at radius 2 is 2.06 bits per heavy atom. The largest absolute Gasteiger partial charge is 0.351 e. The first-order chi connectivity index (χ1) is 16.2. The second-order valence-corrected chi connectivity index (χ2v) is 8.49. The van der Waals surface area contributed by atoms with Crippen molar-refractivity contribution in [2.75, 3.05) is 13.1 Å². The number of amides is 1. The molecule has 2 aromatic heterocycles. The Kier molecular flexibility index (Phi) is 6.13. The summed E-state index contributed by atoms with van der Waals surface area (Å²) in [4.78, 5) is 19.4. The SMILES string of the molecule is O=C(NCc1cccc(F)c1)c1cc([C@H]2CCCN(Cc3ccnc4ccccc34)C2)no1. The summed E-state index contributed by atoms with van der Waals surface area (Å²) in [6.45, 7) is 2.95. The van der Waals surface area contributed by atoms with Gasteiger partial charge in [-0.2, -0.15) is 0 Å². The molecule has 5 rings (SSSR count). The van der Waals surface area contributed by atoms with Gasteiger partial charge in [-0.05, 0) is 54.8 Å². The van der Waals surface area contributed by atoms with Gasteiger partial charge in [0.2, 0.25) is 5.76 Å². The van der Waals surface area contributed by atoms with Gasteiger partial charge in [0, 0.05) is 43.2 Å². The zero-order valence-corrected chi connectivity index (χ0v) is 18.2. The van der Waals surface area contributed by atoms with Crippen molar-refractivity contribution in [2.24, 2.45) is 0 Å². The number of hydrogen-bond donors (Lipinski definition) is 1. The minimum Gasteiger partial charge on any atom is -0.351 e. The summed E-state index contributed by atoms with van der Waals surface area (Å²) in [6.07, 6.45) is 3.93. The van der Waals surface area contributed by atoms with Gasteiger partial charge in [0.15, 0.2) is 0 Å². The van der Waals surface area contributed by atoms with E-state index in [2.05, 4.69) is 32.5 Å². The third kappa shape index (κ3) is 4.93. The van der Waals surface area contributed by atoms with Crippen LogP contribution in [0, 0.1) is 5.82 Å².